The minimum absolute atomic E-state index is 0.107. The van der Waals surface area contributed by atoms with Crippen LogP contribution in [0.15, 0.2) is 12.7 Å². The number of fused-ring (bicyclic) bond motifs is 2. The molecular weight excluding hydrogens is 176 g/mol. The Morgan fingerprint density at radius 1 is 1.64 bits per heavy atom. The molecule has 1 N–H and O–H groups in total. The van der Waals surface area contributed by atoms with E-state index in [2.05, 4.69) is 6.58 Å². The van der Waals surface area contributed by atoms with Crippen LogP contribution in [0.25, 0.3) is 0 Å². The second-order valence-electron chi connectivity index (χ2n) is 4.95. The van der Waals surface area contributed by atoms with E-state index in [4.69, 9.17) is 0 Å². The van der Waals surface area contributed by atoms with Crippen LogP contribution in [0.2, 0.25) is 0 Å². The van der Waals surface area contributed by atoms with Gasteiger partial charge in [0.15, 0.2) is 0 Å². The predicted molar refractivity (Wildman–Crippen MR) is 54.9 cm³/mol. The Hall–Kier alpha value is -0.790. The minimum atomic E-state index is -0.600. The van der Waals surface area contributed by atoms with Crippen molar-refractivity contribution in [2.75, 3.05) is 0 Å². The molecule has 0 spiro atoms. The van der Waals surface area contributed by atoms with E-state index >= 15 is 0 Å². The van der Waals surface area contributed by atoms with Crippen molar-refractivity contribution in [3.8, 4) is 0 Å². The molecule has 2 heteroatoms. The van der Waals surface area contributed by atoms with E-state index in [9.17, 15) is 9.90 Å². The summed E-state index contributed by atoms with van der Waals surface area (Å²) < 4.78 is 0. The molecule has 2 aliphatic rings. The second kappa shape index (κ2) is 3.11. The lowest BCUT2D eigenvalue weighted by Gasteiger charge is -2.37. The lowest BCUT2D eigenvalue weighted by atomic mass is 9.65. The summed E-state index contributed by atoms with van der Waals surface area (Å²) in [4.78, 5) is 11.5. The molecule has 78 valence electrons. The van der Waals surface area contributed by atoms with Crippen LogP contribution in [0.4, 0.5) is 0 Å². The van der Waals surface area contributed by atoms with E-state index in [0.717, 1.165) is 19.3 Å². The summed E-state index contributed by atoms with van der Waals surface area (Å²) in [7, 11) is 0. The van der Waals surface area contributed by atoms with Gasteiger partial charge in [-0.1, -0.05) is 19.4 Å². The molecule has 0 aromatic rings. The number of aliphatic carboxylic acids is 1. The maximum atomic E-state index is 11.5. The van der Waals surface area contributed by atoms with E-state index in [1.165, 1.54) is 6.42 Å². The van der Waals surface area contributed by atoms with Gasteiger partial charge < -0.3 is 5.11 Å². The number of hydrogen-bond acceptors (Lipinski definition) is 1. The lowest BCUT2D eigenvalue weighted by molar-refractivity contribution is -0.155. The largest absolute Gasteiger partial charge is 0.481 e. The molecule has 0 heterocycles. The third-order valence-corrected chi connectivity index (χ3v) is 4.46. The van der Waals surface area contributed by atoms with Crippen molar-refractivity contribution in [2.45, 2.75) is 32.6 Å². The SMILES string of the molecule is C=CC(C)C1(C(=O)O)CC2CCC1C2. The molecule has 0 saturated heterocycles. The first-order valence-electron chi connectivity index (χ1n) is 5.47. The van der Waals surface area contributed by atoms with Gasteiger partial charge in [0.1, 0.15) is 0 Å². The molecule has 14 heavy (non-hydrogen) atoms. The standard InChI is InChI=1S/C12H18O2/c1-3-8(2)12(11(13)14)7-9-4-5-10(12)6-9/h3,8-10H,1,4-7H2,2H3,(H,13,14). The zero-order chi connectivity index (χ0) is 10.3. The highest BCUT2D eigenvalue weighted by Gasteiger charge is 2.57. The molecule has 0 aromatic carbocycles. The van der Waals surface area contributed by atoms with Crippen molar-refractivity contribution in [1.82, 2.24) is 0 Å². The summed E-state index contributed by atoms with van der Waals surface area (Å²) in [6.07, 6.45) is 6.16. The predicted octanol–water partition coefficient (Wildman–Crippen LogP) is 2.70. The van der Waals surface area contributed by atoms with Crippen molar-refractivity contribution < 1.29 is 9.90 Å². The van der Waals surface area contributed by atoms with Crippen molar-refractivity contribution >= 4 is 5.97 Å². The van der Waals surface area contributed by atoms with Gasteiger partial charge in [-0.25, -0.2) is 0 Å². The maximum Gasteiger partial charge on any atom is 0.310 e. The maximum absolute atomic E-state index is 11.5. The highest BCUT2D eigenvalue weighted by atomic mass is 16.4. The Kier molecular flexibility index (Phi) is 2.17. The number of allylic oxidation sites excluding steroid dienone is 1. The van der Waals surface area contributed by atoms with E-state index in [-0.39, 0.29) is 5.92 Å². The number of rotatable bonds is 3. The van der Waals surface area contributed by atoms with Gasteiger partial charge in [-0.15, -0.1) is 6.58 Å². The molecule has 0 amide bonds. The molecule has 0 aliphatic heterocycles. The average molecular weight is 194 g/mol. The highest BCUT2D eigenvalue weighted by Crippen LogP contribution is 2.59. The molecule has 4 unspecified atom stereocenters. The zero-order valence-corrected chi connectivity index (χ0v) is 8.70. The normalized spacial score (nSPS) is 42.4. The van der Waals surface area contributed by atoms with Crippen molar-refractivity contribution in [3.05, 3.63) is 12.7 Å². The third-order valence-electron chi connectivity index (χ3n) is 4.46. The van der Waals surface area contributed by atoms with Gasteiger partial charge in [-0.05, 0) is 37.0 Å². The quantitative estimate of drug-likeness (QED) is 0.701. The Labute approximate surface area is 85.0 Å². The third kappa shape index (κ3) is 1.06. The van der Waals surface area contributed by atoms with Crippen LogP contribution in [0.3, 0.4) is 0 Å². The summed E-state index contributed by atoms with van der Waals surface area (Å²) in [6, 6.07) is 0. The molecule has 2 aliphatic carbocycles. The molecular formula is C12H18O2. The first kappa shape index (κ1) is 9.75. The van der Waals surface area contributed by atoms with Crippen molar-refractivity contribution in [3.63, 3.8) is 0 Å². The Morgan fingerprint density at radius 2 is 2.36 bits per heavy atom. The molecule has 2 saturated carbocycles. The topological polar surface area (TPSA) is 37.3 Å². The van der Waals surface area contributed by atoms with Gasteiger partial charge in [0.2, 0.25) is 0 Å². The van der Waals surface area contributed by atoms with Crippen LogP contribution in [0, 0.1) is 23.2 Å². The average Bonchev–Trinajstić information content (AvgIpc) is 2.75. The molecule has 2 rings (SSSR count). The van der Waals surface area contributed by atoms with E-state index in [0.29, 0.717) is 11.8 Å². The first-order valence-corrected chi connectivity index (χ1v) is 5.47. The van der Waals surface area contributed by atoms with Crippen LogP contribution >= 0.6 is 0 Å². The number of carboxylic acid groups (broad SMARTS) is 1. The summed E-state index contributed by atoms with van der Waals surface area (Å²) >= 11 is 0. The van der Waals surface area contributed by atoms with E-state index in [1.807, 2.05) is 13.0 Å². The highest BCUT2D eigenvalue weighted by molar-refractivity contribution is 5.76. The molecule has 2 bridgehead atoms. The van der Waals surface area contributed by atoms with E-state index in [1.54, 1.807) is 0 Å². The molecule has 2 fully saturated rings. The molecule has 0 aromatic heterocycles. The van der Waals surface area contributed by atoms with Gasteiger partial charge in [0, 0.05) is 0 Å². The van der Waals surface area contributed by atoms with Crippen LogP contribution in [-0.2, 0) is 4.79 Å². The monoisotopic (exact) mass is 194 g/mol. The summed E-state index contributed by atoms with van der Waals surface area (Å²) in [5.74, 6) is 0.573. The van der Waals surface area contributed by atoms with Gasteiger partial charge in [0.25, 0.3) is 0 Å². The Morgan fingerprint density at radius 3 is 2.71 bits per heavy atom. The van der Waals surface area contributed by atoms with Gasteiger partial charge >= 0.3 is 5.97 Å². The Bertz CT molecular complexity index is 271. The summed E-state index contributed by atoms with van der Waals surface area (Å²) in [5.41, 5.74) is -0.481. The number of carbonyl (C=O) groups is 1. The van der Waals surface area contributed by atoms with Crippen LogP contribution in [0.1, 0.15) is 32.6 Å². The van der Waals surface area contributed by atoms with Crippen LogP contribution in [-0.4, -0.2) is 11.1 Å². The smallest absolute Gasteiger partial charge is 0.310 e. The second-order valence-corrected chi connectivity index (χ2v) is 4.95. The summed E-state index contributed by atoms with van der Waals surface area (Å²) in [5, 5.41) is 9.44. The first-order chi connectivity index (χ1) is 6.61. The Balaban J connectivity index is 2.33. The number of carboxylic acids is 1. The van der Waals surface area contributed by atoms with Crippen LogP contribution in [0.5, 0.6) is 0 Å². The van der Waals surface area contributed by atoms with Crippen molar-refractivity contribution in [1.29, 1.82) is 0 Å². The van der Waals surface area contributed by atoms with E-state index < -0.39 is 11.4 Å². The molecule has 4 atom stereocenters. The van der Waals surface area contributed by atoms with Gasteiger partial charge in [0.05, 0.1) is 5.41 Å². The fraction of sp³-hybridized carbons (Fsp3) is 0.750. The minimum Gasteiger partial charge on any atom is -0.481 e. The number of hydrogen-bond donors (Lipinski definition) is 1. The van der Waals surface area contributed by atoms with Gasteiger partial charge in [-0.3, -0.25) is 4.79 Å². The van der Waals surface area contributed by atoms with Crippen molar-refractivity contribution in [2.24, 2.45) is 23.2 Å². The fourth-order valence-electron chi connectivity index (χ4n) is 3.60. The van der Waals surface area contributed by atoms with Crippen LogP contribution < -0.4 is 0 Å². The summed E-state index contributed by atoms with van der Waals surface area (Å²) in [6.45, 7) is 5.75. The lowest BCUT2D eigenvalue weighted by Crippen LogP contribution is -2.41. The zero-order valence-electron chi connectivity index (χ0n) is 8.70. The molecule has 2 nitrogen and oxygen atoms in total. The fourth-order valence-corrected chi connectivity index (χ4v) is 3.60. The molecule has 0 radical (unpaired) electrons. The van der Waals surface area contributed by atoms with Gasteiger partial charge in [-0.2, -0.15) is 0 Å².